The molecule has 3 rings (SSSR count). The van der Waals surface area contributed by atoms with E-state index < -0.39 is 0 Å². The number of allylic oxidation sites excluding steroid dienone is 4. The topological polar surface area (TPSA) is 76.8 Å². The lowest BCUT2D eigenvalue weighted by Crippen LogP contribution is -2.33. The third-order valence-electron chi connectivity index (χ3n) is 6.62. The fourth-order valence-corrected chi connectivity index (χ4v) is 4.68. The molecule has 44 heavy (non-hydrogen) atoms. The van der Waals surface area contributed by atoms with E-state index in [9.17, 15) is 4.79 Å². The van der Waals surface area contributed by atoms with Gasteiger partial charge < -0.3 is 25.4 Å². The maximum atomic E-state index is 11.8. The van der Waals surface area contributed by atoms with Crippen LogP contribution in [0.2, 0.25) is 5.02 Å². The number of nitrogens with one attached hydrogen (secondary N) is 1. The highest BCUT2D eigenvalue weighted by Gasteiger charge is 2.28. The van der Waals surface area contributed by atoms with Gasteiger partial charge in [-0.05, 0) is 85.4 Å². The molecule has 2 aromatic carbocycles. The Morgan fingerprint density at radius 3 is 2.45 bits per heavy atom. The van der Waals surface area contributed by atoms with Crippen LogP contribution in [0.4, 0.5) is 0 Å². The average Bonchev–Trinajstić information content (AvgIpc) is 3.03. The summed E-state index contributed by atoms with van der Waals surface area (Å²) in [7, 11) is 1.59. The third kappa shape index (κ3) is 13.4. The predicted octanol–water partition coefficient (Wildman–Crippen LogP) is 9.32. The molecule has 0 bridgehead atoms. The molecule has 0 radical (unpaired) electrons. The minimum atomic E-state index is -0.102. The number of hydrogen-bond acceptors (Lipinski definition) is 5. The van der Waals surface area contributed by atoms with Crippen LogP contribution in [0.3, 0.4) is 0 Å². The zero-order valence-corrected chi connectivity index (χ0v) is 27.8. The normalized spacial score (nSPS) is 14.6. The number of ether oxygens (including phenoxy) is 2. The maximum absolute atomic E-state index is 11.8. The Kier molecular flexibility index (Phi) is 21.0. The number of aryl methyl sites for hydroxylation is 1. The van der Waals surface area contributed by atoms with Crippen molar-refractivity contribution in [2.75, 3.05) is 26.8 Å². The highest BCUT2D eigenvalue weighted by molar-refractivity contribution is 6.30. The third-order valence-corrected chi connectivity index (χ3v) is 7.22. The SMILES string of the molecule is C.C=C(C=CC/C(Cl)=C\C)OC.CC.CC1=C(c2cc(Cl)ccc2C)CCN(C=O)C1c1ccc(OCCN/C=C\N)cc1. The number of benzene rings is 2. The summed E-state index contributed by atoms with van der Waals surface area (Å²) in [5.41, 5.74) is 11.1. The van der Waals surface area contributed by atoms with Gasteiger partial charge in [-0.1, -0.05) is 81.4 Å². The summed E-state index contributed by atoms with van der Waals surface area (Å²) in [6.45, 7) is 15.6. The molecule has 1 amide bonds. The number of amides is 1. The molecule has 0 saturated carbocycles. The molecule has 0 aromatic heterocycles. The van der Waals surface area contributed by atoms with Gasteiger partial charge in [0.05, 0.1) is 13.2 Å². The molecule has 6 nitrogen and oxygen atoms in total. The van der Waals surface area contributed by atoms with Gasteiger partial charge in [0.2, 0.25) is 6.41 Å². The number of hydrogen-bond donors (Lipinski definition) is 2. The number of rotatable bonds is 12. The first-order valence-corrected chi connectivity index (χ1v) is 15.2. The Bertz CT molecular complexity index is 1270. The Morgan fingerprint density at radius 2 is 1.86 bits per heavy atom. The molecule has 242 valence electrons. The molecule has 1 unspecified atom stereocenters. The molecule has 0 spiro atoms. The first-order valence-electron chi connectivity index (χ1n) is 14.5. The van der Waals surface area contributed by atoms with Crippen molar-refractivity contribution >= 4 is 35.2 Å². The molecule has 3 N–H and O–H groups in total. The number of halogens is 2. The molecule has 1 atom stereocenters. The summed E-state index contributed by atoms with van der Waals surface area (Å²) in [4.78, 5) is 13.6. The van der Waals surface area contributed by atoms with Gasteiger partial charge in [0.25, 0.3) is 0 Å². The van der Waals surface area contributed by atoms with Crippen LogP contribution in [0.5, 0.6) is 5.75 Å². The predicted molar refractivity (Wildman–Crippen MR) is 190 cm³/mol. The summed E-state index contributed by atoms with van der Waals surface area (Å²) in [5.74, 6) is 1.43. The zero-order chi connectivity index (χ0) is 32.2. The van der Waals surface area contributed by atoms with Gasteiger partial charge in [-0.2, -0.15) is 0 Å². The Balaban J connectivity index is 0.00000112. The van der Waals surface area contributed by atoms with Gasteiger partial charge in [0, 0.05) is 42.0 Å². The summed E-state index contributed by atoms with van der Waals surface area (Å²) < 4.78 is 10.6. The Morgan fingerprint density at radius 1 is 1.18 bits per heavy atom. The molecule has 1 aliphatic rings. The van der Waals surface area contributed by atoms with Gasteiger partial charge in [-0.3, -0.25) is 4.79 Å². The molecular formula is C36H51Cl2N3O3. The molecule has 8 heteroatoms. The summed E-state index contributed by atoms with van der Waals surface area (Å²) >= 11 is 12.0. The summed E-state index contributed by atoms with van der Waals surface area (Å²) in [6, 6.07) is 13.8. The van der Waals surface area contributed by atoms with Gasteiger partial charge >= 0.3 is 0 Å². The molecule has 1 aliphatic heterocycles. The smallest absolute Gasteiger partial charge is 0.210 e. The van der Waals surface area contributed by atoms with Crippen molar-refractivity contribution < 1.29 is 14.3 Å². The fraction of sp³-hybridized carbons (Fsp3) is 0.361. The number of methoxy groups -OCH3 is 1. The zero-order valence-electron chi connectivity index (χ0n) is 26.3. The van der Waals surface area contributed by atoms with Crippen LogP contribution in [-0.4, -0.2) is 38.1 Å². The van der Waals surface area contributed by atoms with Crippen molar-refractivity contribution in [3.8, 4) is 5.75 Å². The van der Waals surface area contributed by atoms with Crippen LogP contribution >= 0.6 is 23.2 Å². The van der Waals surface area contributed by atoms with Crippen LogP contribution in [0.15, 0.2) is 96.0 Å². The monoisotopic (exact) mass is 643 g/mol. The van der Waals surface area contributed by atoms with Crippen molar-refractivity contribution in [3.05, 3.63) is 118 Å². The number of nitrogens with zero attached hydrogens (tertiary/aromatic N) is 1. The van der Waals surface area contributed by atoms with Gasteiger partial charge in [0.1, 0.15) is 18.1 Å². The quantitative estimate of drug-likeness (QED) is 0.104. The van der Waals surface area contributed by atoms with E-state index in [0.29, 0.717) is 25.5 Å². The molecule has 0 aliphatic carbocycles. The summed E-state index contributed by atoms with van der Waals surface area (Å²) in [6.07, 6.45) is 11.2. The van der Waals surface area contributed by atoms with Crippen molar-refractivity contribution in [1.29, 1.82) is 0 Å². The van der Waals surface area contributed by atoms with Crippen molar-refractivity contribution in [3.63, 3.8) is 0 Å². The van der Waals surface area contributed by atoms with Crippen LogP contribution in [0, 0.1) is 6.92 Å². The average molecular weight is 645 g/mol. The van der Waals surface area contributed by atoms with E-state index in [-0.39, 0.29) is 13.5 Å². The van der Waals surface area contributed by atoms with Crippen LogP contribution < -0.4 is 15.8 Å². The Hall–Kier alpha value is -3.61. The Labute approximate surface area is 275 Å². The van der Waals surface area contributed by atoms with Crippen LogP contribution in [0.1, 0.15) is 70.7 Å². The van der Waals surface area contributed by atoms with E-state index in [1.807, 2.05) is 80.3 Å². The van der Waals surface area contributed by atoms with Gasteiger partial charge in [-0.15, -0.1) is 0 Å². The van der Waals surface area contributed by atoms with Crippen molar-refractivity contribution in [1.82, 2.24) is 10.2 Å². The van der Waals surface area contributed by atoms with E-state index >= 15 is 0 Å². The van der Waals surface area contributed by atoms with Crippen molar-refractivity contribution in [2.24, 2.45) is 5.73 Å². The minimum Gasteiger partial charge on any atom is -0.497 e. The fourth-order valence-electron chi connectivity index (χ4n) is 4.42. The van der Waals surface area contributed by atoms with E-state index in [2.05, 4.69) is 25.7 Å². The van der Waals surface area contributed by atoms with Gasteiger partial charge in [0.15, 0.2) is 0 Å². The van der Waals surface area contributed by atoms with Crippen LogP contribution in [0.25, 0.3) is 5.57 Å². The largest absolute Gasteiger partial charge is 0.497 e. The second kappa shape index (κ2) is 22.9. The molecule has 0 fully saturated rings. The maximum Gasteiger partial charge on any atom is 0.210 e. The van der Waals surface area contributed by atoms with E-state index in [1.54, 1.807) is 19.4 Å². The lowest BCUT2D eigenvalue weighted by molar-refractivity contribution is -0.119. The highest BCUT2D eigenvalue weighted by Crippen LogP contribution is 2.40. The van der Waals surface area contributed by atoms with E-state index in [0.717, 1.165) is 46.2 Å². The molecule has 1 heterocycles. The van der Waals surface area contributed by atoms with Crippen LogP contribution in [-0.2, 0) is 9.53 Å². The molecule has 0 saturated heterocycles. The number of carbonyl (C=O) groups excluding carboxylic acids is 1. The first-order chi connectivity index (χ1) is 20.7. The van der Waals surface area contributed by atoms with E-state index in [4.69, 9.17) is 38.4 Å². The number of nitrogens with two attached hydrogens (primary N) is 1. The van der Waals surface area contributed by atoms with Crippen molar-refractivity contribution in [2.45, 2.75) is 60.9 Å². The minimum absolute atomic E-state index is 0. The molecule has 2 aromatic rings. The molecular weight excluding hydrogens is 593 g/mol. The standard InChI is InChI=1S/C24H28ClN3O2.C9H13ClO.C2H6.CH4/c1-17-3-6-20(25)15-23(17)22-9-13-28(16-29)24(18(22)2)19-4-7-21(8-5-19)30-14-12-27-11-10-26;1-4-9(10)7-5-6-8(2)11-3;1-2;/h3-8,10-11,15-16,24,27H,9,12-14,26H2,1-2H3;4-6H,2,7H2,1,3H3;1-2H3;1H4/b11-10-;6-5?,9-4+;;. The lowest BCUT2D eigenvalue weighted by Gasteiger charge is -2.36. The highest BCUT2D eigenvalue weighted by atomic mass is 35.5. The summed E-state index contributed by atoms with van der Waals surface area (Å²) in [5, 5.41) is 4.57. The lowest BCUT2D eigenvalue weighted by atomic mass is 9.85. The second-order valence-electron chi connectivity index (χ2n) is 9.36. The second-order valence-corrected chi connectivity index (χ2v) is 10.3. The van der Waals surface area contributed by atoms with Gasteiger partial charge in [-0.25, -0.2) is 0 Å². The number of carbonyl (C=O) groups is 1. The first kappa shape index (κ1) is 40.4. The van der Waals surface area contributed by atoms with E-state index in [1.165, 1.54) is 22.9 Å².